The summed E-state index contributed by atoms with van der Waals surface area (Å²) in [6, 6.07) is 2.10. The van der Waals surface area contributed by atoms with Gasteiger partial charge in [0, 0.05) is 18.2 Å². The maximum atomic E-state index is 13.9. The number of methoxy groups -OCH3 is 1. The molecule has 0 bridgehead atoms. The lowest BCUT2D eigenvalue weighted by molar-refractivity contribution is 0.383. The molecule has 0 aliphatic rings. The molecular weight excluding hydrogens is 326 g/mol. The van der Waals surface area contributed by atoms with Crippen molar-refractivity contribution in [1.29, 1.82) is 0 Å². The van der Waals surface area contributed by atoms with Crippen molar-refractivity contribution < 1.29 is 13.5 Å². The van der Waals surface area contributed by atoms with E-state index in [1.807, 2.05) is 0 Å². The molecule has 0 spiro atoms. The minimum absolute atomic E-state index is 0.129. The molecule has 2 aromatic rings. The summed E-state index contributed by atoms with van der Waals surface area (Å²) in [5.74, 6) is -1.32. The van der Waals surface area contributed by atoms with Gasteiger partial charge in [0.05, 0.1) is 12.0 Å². The second-order valence-electron chi connectivity index (χ2n) is 3.40. The largest absolute Gasteiger partial charge is 0.494 e. The highest BCUT2D eigenvalue weighted by Gasteiger charge is 2.17. The summed E-state index contributed by atoms with van der Waals surface area (Å²) in [6.07, 6.45) is 0. The number of ether oxygens (including phenoxy) is 1. The molecule has 1 aromatic heterocycles. The van der Waals surface area contributed by atoms with Crippen molar-refractivity contribution in [2.75, 3.05) is 7.11 Å². The normalized spacial score (nSPS) is 10.7. The van der Waals surface area contributed by atoms with Gasteiger partial charge in [-0.3, -0.25) is 0 Å². The van der Waals surface area contributed by atoms with E-state index in [9.17, 15) is 8.78 Å². The molecule has 96 valence electrons. The first-order chi connectivity index (χ1) is 8.56. The fraction of sp³-hybridized carbons (Fsp3) is 0.182. The number of nitrogens with zero attached hydrogens (tertiary/aromatic N) is 1. The predicted molar refractivity (Wildman–Crippen MR) is 69.6 cm³/mol. The first kappa shape index (κ1) is 13.4. The van der Waals surface area contributed by atoms with E-state index < -0.39 is 11.6 Å². The van der Waals surface area contributed by atoms with Crippen LogP contribution in [0.3, 0.4) is 0 Å². The summed E-state index contributed by atoms with van der Waals surface area (Å²) in [5, 5.41) is 0.646. The van der Waals surface area contributed by atoms with Crippen molar-refractivity contribution in [2.45, 2.75) is 6.54 Å². The molecule has 1 heterocycles. The average molecular weight is 335 g/mol. The summed E-state index contributed by atoms with van der Waals surface area (Å²) in [7, 11) is 1.28. The third-order valence-corrected chi connectivity index (χ3v) is 4.24. The van der Waals surface area contributed by atoms with Crippen LogP contribution in [-0.4, -0.2) is 12.1 Å². The maximum absolute atomic E-state index is 13.9. The Morgan fingerprint density at radius 2 is 2.11 bits per heavy atom. The van der Waals surface area contributed by atoms with E-state index in [1.54, 1.807) is 0 Å². The number of hydrogen-bond donors (Lipinski definition) is 1. The first-order valence-corrected chi connectivity index (χ1v) is 6.56. The van der Waals surface area contributed by atoms with Crippen LogP contribution in [0, 0.1) is 11.6 Å². The van der Waals surface area contributed by atoms with Crippen LogP contribution in [0.25, 0.3) is 10.4 Å². The third kappa shape index (κ3) is 2.38. The molecule has 2 rings (SSSR count). The highest BCUT2D eigenvalue weighted by molar-refractivity contribution is 9.10. The molecular formula is C11H9BrF2N2OS. The second kappa shape index (κ2) is 5.29. The van der Waals surface area contributed by atoms with E-state index in [0.29, 0.717) is 14.5 Å². The Morgan fingerprint density at radius 3 is 2.67 bits per heavy atom. The molecule has 0 amide bonds. The van der Waals surface area contributed by atoms with Crippen molar-refractivity contribution in [3.05, 3.63) is 33.4 Å². The standard InChI is InChI=1S/C11H9BrF2N2OS/c1-17-8-3-6(13)5(2-7(8)14)10-11(12)16-9(4-15)18-10/h2-3H,4,15H2,1H3. The van der Waals surface area contributed by atoms with Gasteiger partial charge < -0.3 is 10.5 Å². The minimum Gasteiger partial charge on any atom is -0.494 e. The number of hydrogen-bond acceptors (Lipinski definition) is 4. The first-order valence-electron chi connectivity index (χ1n) is 4.95. The molecule has 0 atom stereocenters. The minimum atomic E-state index is -0.622. The summed E-state index contributed by atoms with van der Waals surface area (Å²) in [4.78, 5) is 4.62. The van der Waals surface area contributed by atoms with E-state index in [1.165, 1.54) is 18.4 Å². The smallest absolute Gasteiger partial charge is 0.165 e. The SMILES string of the molecule is COc1cc(F)c(-c2sc(CN)nc2Br)cc1F. The Kier molecular flexibility index (Phi) is 3.94. The summed E-state index contributed by atoms with van der Waals surface area (Å²) < 4.78 is 32.6. The van der Waals surface area contributed by atoms with Crippen molar-refractivity contribution >= 4 is 27.3 Å². The van der Waals surface area contributed by atoms with Crippen LogP contribution in [0.4, 0.5) is 8.78 Å². The lowest BCUT2D eigenvalue weighted by Gasteiger charge is -2.05. The maximum Gasteiger partial charge on any atom is 0.165 e. The molecule has 7 heteroatoms. The Morgan fingerprint density at radius 1 is 1.39 bits per heavy atom. The number of aromatic nitrogens is 1. The van der Waals surface area contributed by atoms with Crippen molar-refractivity contribution in [2.24, 2.45) is 5.73 Å². The van der Waals surface area contributed by atoms with Crippen LogP contribution in [0.15, 0.2) is 16.7 Å². The van der Waals surface area contributed by atoms with Crippen molar-refractivity contribution in [3.8, 4) is 16.2 Å². The van der Waals surface area contributed by atoms with Crippen LogP contribution in [-0.2, 0) is 6.54 Å². The Labute approximate surface area is 115 Å². The molecule has 18 heavy (non-hydrogen) atoms. The van der Waals surface area contributed by atoms with Crippen molar-refractivity contribution in [3.63, 3.8) is 0 Å². The molecule has 0 unspecified atom stereocenters. The zero-order chi connectivity index (χ0) is 13.3. The van der Waals surface area contributed by atoms with Gasteiger partial charge in [-0.1, -0.05) is 0 Å². The number of benzene rings is 1. The van der Waals surface area contributed by atoms with Crippen LogP contribution < -0.4 is 10.5 Å². The van der Waals surface area contributed by atoms with Gasteiger partial charge in [-0.05, 0) is 22.0 Å². The van der Waals surface area contributed by atoms with Crippen LogP contribution in [0.5, 0.6) is 5.75 Å². The zero-order valence-electron chi connectivity index (χ0n) is 9.34. The van der Waals surface area contributed by atoms with Gasteiger partial charge in [0.1, 0.15) is 15.4 Å². The fourth-order valence-corrected chi connectivity index (χ4v) is 3.10. The Bertz CT molecular complexity index is 589. The zero-order valence-corrected chi connectivity index (χ0v) is 11.7. The van der Waals surface area contributed by atoms with Crippen LogP contribution in [0.1, 0.15) is 5.01 Å². The predicted octanol–water partition coefficient (Wildman–Crippen LogP) is 3.32. The molecule has 1 aromatic carbocycles. The van der Waals surface area contributed by atoms with Gasteiger partial charge >= 0.3 is 0 Å². The van der Waals surface area contributed by atoms with E-state index in [4.69, 9.17) is 10.5 Å². The van der Waals surface area contributed by atoms with E-state index in [-0.39, 0.29) is 17.9 Å². The Hall–Kier alpha value is -1.05. The topological polar surface area (TPSA) is 48.1 Å². The number of rotatable bonds is 3. The number of thiazole rings is 1. The highest BCUT2D eigenvalue weighted by Crippen LogP contribution is 2.37. The quantitative estimate of drug-likeness (QED) is 0.936. The second-order valence-corrected chi connectivity index (χ2v) is 5.23. The number of nitrogens with two attached hydrogens (primary N) is 1. The molecule has 0 fully saturated rings. The highest BCUT2D eigenvalue weighted by atomic mass is 79.9. The van der Waals surface area contributed by atoms with Gasteiger partial charge in [0.25, 0.3) is 0 Å². The van der Waals surface area contributed by atoms with Gasteiger partial charge in [0.15, 0.2) is 11.6 Å². The van der Waals surface area contributed by atoms with E-state index in [0.717, 1.165) is 12.1 Å². The molecule has 0 saturated heterocycles. The van der Waals surface area contributed by atoms with Crippen LogP contribution >= 0.6 is 27.3 Å². The van der Waals surface area contributed by atoms with E-state index in [2.05, 4.69) is 20.9 Å². The molecule has 0 aliphatic heterocycles. The fourth-order valence-electron chi connectivity index (χ4n) is 1.46. The van der Waals surface area contributed by atoms with Gasteiger partial charge in [-0.2, -0.15) is 0 Å². The Balaban J connectivity index is 2.56. The van der Waals surface area contributed by atoms with Crippen molar-refractivity contribution in [1.82, 2.24) is 4.98 Å². The average Bonchev–Trinajstić information content (AvgIpc) is 2.73. The molecule has 0 radical (unpaired) electrons. The lowest BCUT2D eigenvalue weighted by Crippen LogP contribution is -1.93. The van der Waals surface area contributed by atoms with Gasteiger partial charge in [0.2, 0.25) is 0 Å². The van der Waals surface area contributed by atoms with Gasteiger partial charge in [-0.15, -0.1) is 11.3 Å². The third-order valence-electron chi connectivity index (χ3n) is 2.29. The van der Waals surface area contributed by atoms with Gasteiger partial charge in [-0.25, -0.2) is 13.8 Å². The lowest BCUT2D eigenvalue weighted by atomic mass is 10.1. The molecule has 0 aliphatic carbocycles. The van der Waals surface area contributed by atoms with Crippen LogP contribution in [0.2, 0.25) is 0 Å². The number of halogens is 3. The monoisotopic (exact) mass is 334 g/mol. The summed E-state index contributed by atoms with van der Waals surface area (Å²) in [5.41, 5.74) is 5.60. The van der Waals surface area contributed by atoms with E-state index >= 15 is 0 Å². The molecule has 2 N–H and O–H groups in total. The molecule has 0 saturated carbocycles. The molecule has 3 nitrogen and oxygen atoms in total. The summed E-state index contributed by atoms with van der Waals surface area (Å²) in [6.45, 7) is 0.253. The summed E-state index contributed by atoms with van der Waals surface area (Å²) >= 11 is 4.43.